The van der Waals surface area contributed by atoms with Crippen molar-refractivity contribution in [2.45, 2.75) is 43.7 Å². The number of likely N-dealkylation sites (tertiary alicyclic amines) is 1. The number of carboxylic acids is 1. The van der Waals surface area contributed by atoms with Gasteiger partial charge in [-0.05, 0) is 43.4 Å². The Morgan fingerprint density at radius 1 is 1.37 bits per heavy atom. The second kappa shape index (κ2) is 9.12. The number of aromatic nitrogens is 1. The fourth-order valence-corrected chi connectivity index (χ4v) is 5.53. The van der Waals surface area contributed by atoms with Crippen molar-refractivity contribution in [1.29, 1.82) is 0 Å². The molecule has 1 aromatic carbocycles. The van der Waals surface area contributed by atoms with Crippen LogP contribution in [0.5, 0.6) is 0 Å². The summed E-state index contributed by atoms with van der Waals surface area (Å²) in [5, 5.41) is 16.2. The highest BCUT2D eigenvalue weighted by molar-refractivity contribution is 7.11. The summed E-state index contributed by atoms with van der Waals surface area (Å²) in [5.41, 5.74) is 0.247. The normalized spacial score (nSPS) is 22.1. The Morgan fingerprint density at radius 3 is 2.89 bits per heavy atom. The van der Waals surface area contributed by atoms with E-state index in [1.807, 2.05) is 0 Å². The molecule has 35 heavy (non-hydrogen) atoms. The molecule has 2 fully saturated rings. The van der Waals surface area contributed by atoms with E-state index in [-0.39, 0.29) is 23.2 Å². The van der Waals surface area contributed by atoms with Crippen molar-refractivity contribution in [3.8, 4) is 0 Å². The Hall–Kier alpha value is -3.18. The van der Waals surface area contributed by atoms with E-state index < -0.39 is 29.6 Å². The molecule has 1 saturated carbocycles. The number of ether oxygens (including phenoxy) is 1. The number of piperidine rings is 1. The molecule has 1 unspecified atom stereocenters. The molecule has 0 radical (unpaired) electrons. The number of hydrogen-bond donors (Lipinski definition) is 3. The molecule has 3 heterocycles. The van der Waals surface area contributed by atoms with Crippen molar-refractivity contribution in [3.05, 3.63) is 44.9 Å². The summed E-state index contributed by atoms with van der Waals surface area (Å²) in [7, 11) is 0. The number of thiazole rings is 1. The minimum Gasteiger partial charge on any atom is -0.476 e. The molecule has 1 spiro atoms. The smallest absolute Gasteiger partial charge is 0.412 e. The van der Waals surface area contributed by atoms with Gasteiger partial charge in [-0.2, -0.15) is 0 Å². The van der Waals surface area contributed by atoms with Crippen LogP contribution in [0.2, 0.25) is 5.02 Å². The number of carbonyl (C=O) groups is 4. The zero-order chi connectivity index (χ0) is 24.7. The lowest BCUT2D eigenvalue weighted by Crippen LogP contribution is -2.57. The zero-order valence-electron chi connectivity index (χ0n) is 18.6. The third-order valence-electron chi connectivity index (χ3n) is 6.55. The third-order valence-corrected chi connectivity index (χ3v) is 7.62. The average Bonchev–Trinajstić information content (AvgIpc) is 3.49. The van der Waals surface area contributed by atoms with Gasteiger partial charge in [-0.15, -0.1) is 11.3 Å². The maximum atomic E-state index is 13.6. The minimum absolute atomic E-state index is 0.0352. The van der Waals surface area contributed by atoms with Crippen molar-refractivity contribution < 1.29 is 29.0 Å². The number of carboxylic acid groups (broad SMARTS) is 1. The van der Waals surface area contributed by atoms with Crippen LogP contribution >= 0.6 is 22.9 Å². The largest absolute Gasteiger partial charge is 0.476 e. The lowest BCUT2D eigenvalue weighted by molar-refractivity contribution is -0.141. The van der Waals surface area contributed by atoms with Gasteiger partial charge in [-0.1, -0.05) is 24.4 Å². The molecular weight excluding hydrogens is 496 g/mol. The maximum absolute atomic E-state index is 13.6. The summed E-state index contributed by atoms with van der Waals surface area (Å²) >= 11 is 7.08. The SMILES string of the molecule is O=C1Nc2ccc(Cl)cc2C2(CCCN(C(=O)[C@H](CC3CC3)NC(=O)c3csc(C(=O)O)n3)C2)O1. The molecule has 3 aliphatic rings. The van der Waals surface area contributed by atoms with Crippen LogP contribution in [0.25, 0.3) is 0 Å². The monoisotopic (exact) mass is 518 g/mol. The van der Waals surface area contributed by atoms with E-state index in [9.17, 15) is 19.2 Å². The van der Waals surface area contributed by atoms with Gasteiger partial charge in [-0.3, -0.25) is 14.9 Å². The van der Waals surface area contributed by atoms with E-state index >= 15 is 0 Å². The zero-order valence-corrected chi connectivity index (χ0v) is 20.2. The van der Waals surface area contributed by atoms with Gasteiger partial charge >= 0.3 is 12.1 Å². The van der Waals surface area contributed by atoms with Crippen molar-refractivity contribution in [2.75, 3.05) is 18.4 Å². The Labute approximate surface area is 209 Å². The number of fused-ring (bicyclic) bond motifs is 2. The van der Waals surface area contributed by atoms with Crippen LogP contribution in [0, 0.1) is 5.92 Å². The van der Waals surface area contributed by atoms with Crippen LogP contribution in [-0.4, -0.2) is 58.0 Å². The predicted octanol–water partition coefficient (Wildman–Crippen LogP) is 3.47. The highest BCUT2D eigenvalue weighted by Crippen LogP contribution is 2.43. The molecule has 1 aromatic heterocycles. The number of nitrogens with one attached hydrogen (secondary N) is 2. The van der Waals surface area contributed by atoms with Crippen molar-refractivity contribution in [1.82, 2.24) is 15.2 Å². The second-order valence-corrected chi connectivity index (χ2v) is 10.4. The fourth-order valence-electron chi connectivity index (χ4n) is 4.72. The lowest BCUT2D eigenvalue weighted by Gasteiger charge is -2.45. The number of rotatable bonds is 6. The lowest BCUT2D eigenvalue weighted by atomic mass is 9.83. The Morgan fingerprint density at radius 2 is 2.17 bits per heavy atom. The maximum Gasteiger partial charge on any atom is 0.412 e. The predicted molar refractivity (Wildman–Crippen MR) is 127 cm³/mol. The number of nitrogens with zero attached hydrogens (tertiary/aromatic N) is 2. The van der Waals surface area contributed by atoms with E-state index in [0.29, 0.717) is 48.0 Å². The number of hydrogen-bond acceptors (Lipinski definition) is 7. The van der Waals surface area contributed by atoms with Crippen LogP contribution in [0.15, 0.2) is 23.6 Å². The summed E-state index contributed by atoms with van der Waals surface area (Å²) in [5.74, 6) is -1.74. The van der Waals surface area contributed by atoms with Crippen LogP contribution in [0.4, 0.5) is 10.5 Å². The Bertz CT molecular complexity index is 1210. The highest BCUT2D eigenvalue weighted by atomic mass is 35.5. The summed E-state index contributed by atoms with van der Waals surface area (Å²) in [6, 6.07) is 4.35. The van der Waals surface area contributed by atoms with E-state index in [1.165, 1.54) is 5.38 Å². The van der Waals surface area contributed by atoms with Crippen LogP contribution < -0.4 is 10.6 Å². The van der Waals surface area contributed by atoms with Gasteiger partial charge in [0, 0.05) is 22.5 Å². The van der Waals surface area contributed by atoms with Crippen molar-refractivity contribution in [2.24, 2.45) is 5.92 Å². The number of carbonyl (C=O) groups excluding carboxylic acids is 3. The van der Waals surface area contributed by atoms with Crippen molar-refractivity contribution >= 4 is 52.5 Å². The summed E-state index contributed by atoms with van der Waals surface area (Å²) in [6.07, 6.45) is 3.00. The molecule has 1 saturated heterocycles. The van der Waals surface area contributed by atoms with Crippen LogP contribution in [0.1, 0.15) is 58.0 Å². The molecule has 5 rings (SSSR count). The Kier molecular flexibility index (Phi) is 6.14. The van der Waals surface area contributed by atoms with Gasteiger partial charge in [0.1, 0.15) is 11.7 Å². The van der Waals surface area contributed by atoms with E-state index in [4.69, 9.17) is 21.4 Å². The first-order valence-corrected chi connectivity index (χ1v) is 12.6. The number of benzene rings is 1. The third kappa shape index (κ3) is 4.83. The summed E-state index contributed by atoms with van der Waals surface area (Å²) < 4.78 is 5.77. The molecule has 2 aliphatic heterocycles. The first kappa shape index (κ1) is 23.6. The number of anilines is 1. The van der Waals surface area contributed by atoms with Gasteiger partial charge in [-0.25, -0.2) is 14.6 Å². The topological polar surface area (TPSA) is 138 Å². The van der Waals surface area contributed by atoms with Gasteiger partial charge in [0.15, 0.2) is 5.60 Å². The molecule has 0 bridgehead atoms. The van der Waals surface area contributed by atoms with Crippen LogP contribution in [-0.2, 0) is 15.1 Å². The van der Waals surface area contributed by atoms with E-state index in [1.54, 1.807) is 23.1 Å². The van der Waals surface area contributed by atoms with Crippen LogP contribution in [0.3, 0.4) is 0 Å². The quantitative estimate of drug-likeness (QED) is 0.532. The number of aromatic carboxylic acids is 1. The van der Waals surface area contributed by atoms with E-state index in [0.717, 1.165) is 24.2 Å². The number of halogens is 1. The first-order valence-electron chi connectivity index (χ1n) is 11.3. The van der Waals surface area contributed by atoms with Gasteiger partial charge in [0.2, 0.25) is 10.9 Å². The molecule has 12 heteroatoms. The van der Waals surface area contributed by atoms with Gasteiger partial charge < -0.3 is 20.1 Å². The molecule has 1 aliphatic carbocycles. The molecule has 2 aromatic rings. The molecule has 2 atom stereocenters. The Balaban J connectivity index is 1.37. The highest BCUT2D eigenvalue weighted by Gasteiger charge is 2.47. The molecule has 184 valence electrons. The van der Waals surface area contributed by atoms with Gasteiger partial charge in [0.05, 0.1) is 12.2 Å². The first-order chi connectivity index (χ1) is 16.7. The fraction of sp³-hybridized carbons (Fsp3) is 0.435. The van der Waals surface area contributed by atoms with Crippen molar-refractivity contribution in [3.63, 3.8) is 0 Å². The van der Waals surface area contributed by atoms with Gasteiger partial charge in [0.25, 0.3) is 5.91 Å². The van der Waals surface area contributed by atoms with E-state index in [2.05, 4.69) is 15.6 Å². The molecule has 3 N–H and O–H groups in total. The molecule has 3 amide bonds. The molecular formula is C23H23ClN4O6S. The standard InChI is InChI=1S/C23H23ClN4O6S/c24-13-4-5-15-14(9-13)23(34-22(33)27-15)6-1-7-28(11-23)20(30)16(8-12-2-3-12)25-18(29)17-10-35-19(26-17)21(31)32/h4-5,9-10,12,16H,1-3,6-8,11H2,(H,25,29)(H,27,33)(H,31,32)/t16-,23?/m0/s1. The number of amides is 3. The summed E-state index contributed by atoms with van der Waals surface area (Å²) in [6.45, 7) is 0.599. The second-order valence-electron chi connectivity index (χ2n) is 9.11. The minimum atomic E-state index is -1.21. The molecule has 10 nitrogen and oxygen atoms in total. The average molecular weight is 519 g/mol. The summed E-state index contributed by atoms with van der Waals surface area (Å²) in [4.78, 5) is 55.4.